The molecule has 0 aromatic heterocycles. The molecule has 1 aromatic carbocycles. The first-order valence-corrected chi connectivity index (χ1v) is 6.84. The molecule has 4 heteroatoms. The van der Waals surface area contributed by atoms with Crippen LogP contribution in [0.1, 0.15) is 24.5 Å². The van der Waals surface area contributed by atoms with Crippen LogP contribution in [0.4, 0.5) is 4.39 Å². The zero-order chi connectivity index (χ0) is 13.7. The first-order valence-electron chi connectivity index (χ1n) is 6.84. The van der Waals surface area contributed by atoms with E-state index in [9.17, 15) is 4.39 Å². The number of likely N-dealkylation sites (tertiary alicyclic amines) is 1. The molecular weight excluding hydrogens is 241 g/mol. The zero-order valence-corrected chi connectivity index (χ0v) is 11.3. The molecule has 1 N–H and O–H groups in total. The van der Waals surface area contributed by atoms with E-state index in [-0.39, 0.29) is 5.82 Å². The highest BCUT2D eigenvalue weighted by molar-refractivity contribution is 5.33. The highest BCUT2D eigenvalue weighted by atomic mass is 19.1. The summed E-state index contributed by atoms with van der Waals surface area (Å²) in [7, 11) is 0. The van der Waals surface area contributed by atoms with Crippen LogP contribution in [-0.2, 0) is 6.54 Å². The number of hydrogen-bond donors (Lipinski definition) is 1. The molecular formula is C15H20FN3. The van der Waals surface area contributed by atoms with E-state index in [1.807, 2.05) is 6.07 Å². The summed E-state index contributed by atoms with van der Waals surface area (Å²) in [4.78, 5) is 2.43. The maximum Gasteiger partial charge on any atom is 0.127 e. The Kier molecular flexibility index (Phi) is 4.89. The molecule has 0 spiro atoms. The zero-order valence-electron chi connectivity index (χ0n) is 11.3. The highest BCUT2D eigenvalue weighted by Gasteiger charge is 2.20. The van der Waals surface area contributed by atoms with Crippen molar-refractivity contribution < 1.29 is 4.39 Å². The summed E-state index contributed by atoms with van der Waals surface area (Å²) >= 11 is 0. The number of hydrogen-bond acceptors (Lipinski definition) is 3. The minimum absolute atomic E-state index is 0.242. The maximum atomic E-state index is 13.6. The lowest BCUT2D eigenvalue weighted by atomic mass is 10.1. The number of nitriles is 1. The molecule has 0 radical (unpaired) electrons. The average molecular weight is 261 g/mol. The van der Waals surface area contributed by atoms with Crippen molar-refractivity contribution in [3.8, 4) is 6.07 Å². The minimum Gasteiger partial charge on any atom is -0.312 e. The number of nitrogens with zero attached hydrogens (tertiary/aromatic N) is 2. The predicted octanol–water partition coefficient (Wildman–Crippen LogP) is 2.13. The van der Waals surface area contributed by atoms with E-state index in [1.54, 1.807) is 6.07 Å². The van der Waals surface area contributed by atoms with Gasteiger partial charge < -0.3 is 10.2 Å². The third-order valence-corrected chi connectivity index (χ3v) is 3.74. The Morgan fingerprint density at radius 3 is 3.05 bits per heavy atom. The van der Waals surface area contributed by atoms with Crippen LogP contribution in [0, 0.1) is 23.1 Å². The second-order valence-electron chi connectivity index (χ2n) is 5.10. The van der Waals surface area contributed by atoms with Crippen LogP contribution >= 0.6 is 0 Å². The van der Waals surface area contributed by atoms with Gasteiger partial charge >= 0.3 is 0 Å². The van der Waals surface area contributed by atoms with E-state index in [0.29, 0.717) is 23.6 Å². The van der Waals surface area contributed by atoms with Gasteiger partial charge in [0.25, 0.3) is 0 Å². The van der Waals surface area contributed by atoms with Crippen LogP contribution in [0.5, 0.6) is 0 Å². The summed E-state index contributed by atoms with van der Waals surface area (Å²) in [5.41, 5.74) is 1.08. The third kappa shape index (κ3) is 3.76. The Hall–Kier alpha value is -1.44. The standard InChI is InChI=1S/C15H20FN3/c1-2-19-6-5-13(11-19)9-18-10-14-7-12(8-17)3-4-15(14)16/h3-4,7,13,18H,2,5-6,9-11H2,1H3. The molecule has 1 aromatic rings. The summed E-state index contributed by atoms with van der Waals surface area (Å²) in [5, 5.41) is 12.1. The normalized spacial score (nSPS) is 19.5. The molecule has 1 aliphatic rings. The van der Waals surface area contributed by atoms with E-state index in [2.05, 4.69) is 17.1 Å². The third-order valence-electron chi connectivity index (χ3n) is 3.74. The van der Waals surface area contributed by atoms with Gasteiger partial charge in [-0.25, -0.2) is 4.39 Å². The number of benzene rings is 1. The monoisotopic (exact) mass is 261 g/mol. The molecule has 0 aliphatic carbocycles. The Bertz CT molecular complexity index is 467. The van der Waals surface area contributed by atoms with Gasteiger partial charge in [-0.1, -0.05) is 6.92 Å². The SMILES string of the molecule is CCN1CCC(CNCc2cc(C#N)ccc2F)C1. The van der Waals surface area contributed by atoms with E-state index >= 15 is 0 Å². The topological polar surface area (TPSA) is 39.1 Å². The smallest absolute Gasteiger partial charge is 0.127 e. The lowest BCUT2D eigenvalue weighted by Gasteiger charge is -2.14. The van der Waals surface area contributed by atoms with Crippen molar-refractivity contribution in [3.05, 3.63) is 35.1 Å². The van der Waals surface area contributed by atoms with E-state index in [1.165, 1.54) is 25.1 Å². The summed E-state index contributed by atoms with van der Waals surface area (Å²) in [6.07, 6.45) is 1.21. The van der Waals surface area contributed by atoms with Crippen LogP contribution in [0.2, 0.25) is 0 Å². The van der Waals surface area contributed by atoms with Gasteiger partial charge in [0.15, 0.2) is 0 Å². The largest absolute Gasteiger partial charge is 0.312 e. The molecule has 1 atom stereocenters. The van der Waals surface area contributed by atoms with Gasteiger partial charge in [0, 0.05) is 18.7 Å². The Balaban J connectivity index is 1.81. The van der Waals surface area contributed by atoms with Crippen LogP contribution < -0.4 is 5.32 Å². The Morgan fingerprint density at radius 1 is 1.53 bits per heavy atom. The van der Waals surface area contributed by atoms with E-state index < -0.39 is 0 Å². The van der Waals surface area contributed by atoms with E-state index in [0.717, 1.165) is 19.6 Å². The van der Waals surface area contributed by atoms with Gasteiger partial charge in [0.05, 0.1) is 11.6 Å². The van der Waals surface area contributed by atoms with Crippen molar-refractivity contribution in [2.45, 2.75) is 19.9 Å². The Labute approximate surface area is 114 Å². The average Bonchev–Trinajstić information content (AvgIpc) is 2.89. The van der Waals surface area contributed by atoms with Crippen LogP contribution in [0.25, 0.3) is 0 Å². The summed E-state index contributed by atoms with van der Waals surface area (Å²) in [5.74, 6) is 0.412. The summed E-state index contributed by atoms with van der Waals surface area (Å²) < 4.78 is 13.6. The molecule has 1 saturated heterocycles. The van der Waals surface area contributed by atoms with Gasteiger partial charge in [-0.2, -0.15) is 5.26 Å². The number of nitrogens with one attached hydrogen (secondary N) is 1. The maximum absolute atomic E-state index is 13.6. The van der Waals surface area contributed by atoms with Gasteiger partial charge in [-0.3, -0.25) is 0 Å². The fourth-order valence-electron chi connectivity index (χ4n) is 2.56. The molecule has 102 valence electrons. The first kappa shape index (κ1) is 14.0. The molecule has 1 aliphatic heterocycles. The van der Waals surface area contributed by atoms with Gasteiger partial charge in [0.1, 0.15) is 5.82 Å². The fraction of sp³-hybridized carbons (Fsp3) is 0.533. The predicted molar refractivity (Wildman–Crippen MR) is 73.0 cm³/mol. The molecule has 0 amide bonds. The van der Waals surface area contributed by atoms with Gasteiger partial charge in [-0.05, 0) is 50.2 Å². The molecule has 1 heterocycles. The molecule has 1 fully saturated rings. The second-order valence-corrected chi connectivity index (χ2v) is 5.10. The van der Waals surface area contributed by atoms with Crippen LogP contribution in [0.3, 0.4) is 0 Å². The van der Waals surface area contributed by atoms with E-state index in [4.69, 9.17) is 5.26 Å². The van der Waals surface area contributed by atoms with Gasteiger partial charge in [0.2, 0.25) is 0 Å². The molecule has 0 saturated carbocycles. The van der Waals surface area contributed by atoms with Crippen molar-refractivity contribution in [3.63, 3.8) is 0 Å². The summed E-state index contributed by atoms with van der Waals surface area (Å²) in [6.45, 7) is 6.98. The molecule has 1 unspecified atom stereocenters. The van der Waals surface area contributed by atoms with Crippen LogP contribution in [-0.4, -0.2) is 31.1 Å². The van der Waals surface area contributed by atoms with Gasteiger partial charge in [-0.15, -0.1) is 0 Å². The van der Waals surface area contributed by atoms with Crippen LogP contribution in [0.15, 0.2) is 18.2 Å². The van der Waals surface area contributed by atoms with Crippen molar-refractivity contribution in [2.75, 3.05) is 26.2 Å². The van der Waals surface area contributed by atoms with Crippen molar-refractivity contribution in [2.24, 2.45) is 5.92 Å². The molecule has 3 nitrogen and oxygen atoms in total. The molecule has 19 heavy (non-hydrogen) atoms. The summed E-state index contributed by atoms with van der Waals surface area (Å²) in [6, 6.07) is 6.53. The Morgan fingerprint density at radius 2 is 2.37 bits per heavy atom. The van der Waals surface area contributed by atoms with Crippen molar-refractivity contribution in [1.82, 2.24) is 10.2 Å². The minimum atomic E-state index is -0.242. The quantitative estimate of drug-likeness (QED) is 0.882. The lowest BCUT2D eigenvalue weighted by molar-refractivity contribution is 0.338. The fourth-order valence-corrected chi connectivity index (χ4v) is 2.56. The lowest BCUT2D eigenvalue weighted by Crippen LogP contribution is -2.26. The molecule has 0 bridgehead atoms. The highest BCUT2D eigenvalue weighted by Crippen LogP contribution is 2.15. The van der Waals surface area contributed by atoms with Crippen molar-refractivity contribution in [1.29, 1.82) is 5.26 Å². The number of halogens is 1. The number of rotatable bonds is 5. The first-order chi connectivity index (χ1) is 9.22. The van der Waals surface area contributed by atoms with Crippen molar-refractivity contribution >= 4 is 0 Å². The second kappa shape index (κ2) is 6.65. The molecule has 2 rings (SSSR count).